The third kappa shape index (κ3) is 1.82. The largest absolute Gasteiger partial charge is 0.504 e. The molecule has 0 saturated carbocycles. The van der Waals surface area contributed by atoms with Crippen LogP contribution in [0.4, 0.5) is 0 Å². The van der Waals surface area contributed by atoms with Crippen molar-refractivity contribution in [3.63, 3.8) is 0 Å². The van der Waals surface area contributed by atoms with Crippen LogP contribution in [0.2, 0.25) is 0 Å². The summed E-state index contributed by atoms with van der Waals surface area (Å²) in [6.45, 7) is 7.03. The van der Waals surface area contributed by atoms with Crippen molar-refractivity contribution >= 4 is 10.9 Å². The first-order chi connectivity index (χ1) is 8.06. The number of nitrogens with zero attached hydrogens (tertiary/aromatic N) is 1. The van der Waals surface area contributed by atoms with Crippen molar-refractivity contribution < 1.29 is 14.8 Å². The molecule has 2 rings (SSSR count). The van der Waals surface area contributed by atoms with Crippen LogP contribution in [-0.4, -0.2) is 10.2 Å². The molecule has 1 heterocycles. The van der Waals surface area contributed by atoms with Crippen LogP contribution in [0.25, 0.3) is 10.9 Å². The van der Waals surface area contributed by atoms with E-state index in [1.807, 2.05) is 23.6 Å². The Kier molecular flexibility index (Phi) is 2.92. The van der Waals surface area contributed by atoms with E-state index in [0.717, 1.165) is 12.1 Å². The van der Waals surface area contributed by atoms with Crippen molar-refractivity contribution in [3.05, 3.63) is 30.0 Å². The van der Waals surface area contributed by atoms with Gasteiger partial charge in [-0.2, -0.15) is 4.57 Å². The Morgan fingerprint density at radius 1 is 1.24 bits per heavy atom. The van der Waals surface area contributed by atoms with Crippen molar-refractivity contribution in [2.75, 3.05) is 0 Å². The fourth-order valence-corrected chi connectivity index (χ4v) is 2.20. The van der Waals surface area contributed by atoms with Gasteiger partial charge in [0.25, 0.3) is 0 Å². The molecule has 17 heavy (non-hydrogen) atoms. The van der Waals surface area contributed by atoms with Gasteiger partial charge >= 0.3 is 0 Å². The molecule has 1 aromatic heterocycles. The summed E-state index contributed by atoms with van der Waals surface area (Å²) in [7, 11) is 0. The molecule has 0 amide bonds. The lowest BCUT2D eigenvalue weighted by atomic mass is 9.99. The fraction of sp³-hybridized carbons (Fsp3) is 0.357. The van der Waals surface area contributed by atoms with Gasteiger partial charge in [-0.1, -0.05) is 26.0 Å². The van der Waals surface area contributed by atoms with Gasteiger partial charge in [-0.05, 0) is 18.9 Å². The van der Waals surface area contributed by atoms with Gasteiger partial charge in [0.2, 0.25) is 17.5 Å². The smallest absolute Gasteiger partial charge is 0.223 e. The summed E-state index contributed by atoms with van der Waals surface area (Å²) in [5.41, 5.74) is 2.18. The highest BCUT2D eigenvalue weighted by Crippen LogP contribution is 2.34. The maximum Gasteiger partial charge on any atom is 0.223 e. The molecule has 0 spiro atoms. The maximum atomic E-state index is 9.92. The fourth-order valence-electron chi connectivity index (χ4n) is 2.20. The molecule has 2 aromatic rings. The SMILES string of the molecule is CC[n+]1cc(O)c(O)c2cccc(C(C)C)c21. The van der Waals surface area contributed by atoms with Gasteiger partial charge in [0.05, 0.1) is 5.39 Å². The first-order valence-corrected chi connectivity index (χ1v) is 5.93. The van der Waals surface area contributed by atoms with E-state index in [9.17, 15) is 10.2 Å². The van der Waals surface area contributed by atoms with E-state index in [1.54, 1.807) is 6.20 Å². The predicted octanol–water partition coefficient (Wildman–Crippen LogP) is 2.68. The summed E-state index contributed by atoms with van der Waals surface area (Å²) in [4.78, 5) is 0. The molecule has 0 atom stereocenters. The monoisotopic (exact) mass is 232 g/mol. The minimum Gasteiger partial charge on any atom is -0.504 e. The second-order valence-electron chi connectivity index (χ2n) is 4.55. The summed E-state index contributed by atoms with van der Waals surface area (Å²) in [5, 5.41) is 20.3. The Bertz CT molecular complexity index is 562. The number of rotatable bonds is 2. The number of fused-ring (bicyclic) bond motifs is 1. The lowest BCUT2D eigenvalue weighted by Crippen LogP contribution is -2.33. The summed E-state index contributed by atoms with van der Waals surface area (Å²) < 4.78 is 1.97. The number of aryl methyl sites for hydroxylation is 1. The normalized spacial score (nSPS) is 11.3. The Labute approximate surface area is 101 Å². The van der Waals surface area contributed by atoms with Gasteiger partial charge in [-0.15, -0.1) is 0 Å². The quantitative estimate of drug-likeness (QED) is 0.782. The van der Waals surface area contributed by atoms with Gasteiger partial charge in [0.15, 0.2) is 5.75 Å². The van der Waals surface area contributed by atoms with Gasteiger partial charge in [-0.25, -0.2) is 0 Å². The van der Waals surface area contributed by atoms with E-state index >= 15 is 0 Å². The number of hydrogen-bond acceptors (Lipinski definition) is 2. The van der Waals surface area contributed by atoms with Crippen molar-refractivity contribution in [2.24, 2.45) is 0 Å². The highest BCUT2D eigenvalue weighted by molar-refractivity contribution is 5.87. The van der Waals surface area contributed by atoms with Gasteiger partial charge in [-0.3, -0.25) is 0 Å². The second kappa shape index (κ2) is 4.24. The molecular weight excluding hydrogens is 214 g/mol. The summed E-state index contributed by atoms with van der Waals surface area (Å²) >= 11 is 0. The zero-order valence-corrected chi connectivity index (χ0v) is 10.4. The van der Waals surface area contributed by atoms with Crippen LogP contribution < -0.4 is 4.57 Å². The molecule has 0 fully saturated rings. The first kappa shape index (κ1) is 11.7. The highest BCUT2D eigenvalue weighted by atomic mass is 16.3. The molecule has 3 nitrogen and oxygen atoms in total. The maximum absolute atomic E-state index is 9.92. The molecule has 0 bridgehead atoms. The van der Waals surface area contributed by atoms with Crippen molar-refractivity contribution in [3.8, 4) is 11.5 Å². The molecule has 0 radical (unpaired) electrons. The minimum atomic E-state index is -0.0692. The molecular formula is C14H18NO2+. The Morgan fingerprint density at radius 2 is 1.94 bits per heavy atom. The summed E-state index contributed by atoms with van der Waals surface area (Å²) in [6, 6.07) is 5.81. The molecule has 3 heteroatoms. The molecule has 0 aliphatic carbocycles. The number of aromatic nitrogens is 1. The van der Waals surface area contributed by atoms with Crippen molar-refractivity contribution in [1.82, 2.24) is 0 Å². The van der Waals surface area contributed by atoms with E-state index in [4.69, 9.17) is 0 Å². The van der Waals surface area contributed by atoms with E-state index in [1.165, 1.54) is 5.56 Å². The molecule has 90 valence electrons. The van der Waals surface area contributed by atoms with Crippen molar-refractivity contribution in [2.45, 2.75) is 33.2 Å². The average molecular weight is 232 g/mol. The second-order valence-corrected chi connectivity index (χ2v) is 4.55. The predicted molar refractivity (Wildman–Crippen MR) is 67.2 cm³/mol. The number of pyridine rings is 1. The third-order valence-electron chi connectivity index (χ3n) is 3.09. The molecule has 2 N–H and O–H groups in total. The van der Waals surface area contributed by atoms with Gasteiger partial charge < -0.3 is 10.2 Å². The lowest BCUT2D eigenvalue weighted by molar-refractivity contribution is -0.668. The van der Waals surface area contributed by atoms with Crippen LogP contribution >= 0.6 is 0 Å². The average Bonchev–Trinajstić information content (AvgIpc) is 2.32. The number of para-hydroxylation sites is 1. The molecule has 0 unspecified atom stereocenters. The topological polar surface area (TPSA) is 44.3 Å². The zero-order valence-electron chi connectivity index (χ0n) is 10.4. The number of hydrogen-bond donors (Lipinski definition) is 2. The Hall–Kier alpha value is -1.77. The minimum absolute atomic E-state index is 0.0350. The standard InChI is InChI=1S/C14H17NO2/c1-4-15-8-12(16)14(17)11-7-5-6-10(9(2)3)13(11)15/h5-9,16H,4H2,1-3H3/p+1. The first-order valence-electron chi connectivity index (χ1n) is 5.93. The number of benzene rings is 1. The van der Waals surface area contributed by atoms with Gasteiger partial charge in [0.1, 0.15) is 6.54 Å². The summed E-state index contributed by atoms with van der Waals surface area (Å²) in [5.74, 6) is 0.271. The molecule has 0 aliphatic rings. The van der Waals surface area contributed by atoms with Crippen molar-refractivity contribution in [1.29, 1.82) is 0 Å². The number of aromatic hydroxyl groups is 2. The van der Waals surface area contributed by atoms with E-state index in [2.05, 4.69) is 19.9 Å². The van der Waals surface area contributed by atoms with Crippen LogP contribution in [-0.2, 0) is 6.54 Å². The summed E-state index contributed by atoms with van der Waals surface area (Å²) in [6.07, 6.45) is 1.59. The van der Waals surface area contributed by atoms with E-state index < -0.39 is 0 Å². The van der Waals surface area contributed by atoms with Crippen LogP contribution in [0.5, 0.6) is 11.5 Å². The Morgan fingerprint density at radius 3 is 2.53 bits per heavy atom. The molecule has 1 aromatic carbocycles. The highest BCUT2D eigenvalue weighted by Gasteiger charge is 2.20. The van der Waals surface area contributed by atoms with Crippen LogP contribution in [0.15, 0.2) is 24.4 Å². The zero-order chi connectivity index (χ0) is 12.6. The van der Waals surface area contributed by atoms with E-state index in [-0.39, 0.29) is 11.5 Å². The van der Waals surface area contributed by atoms with Crippen LogP contribution in [0, 0.1) is 0 Å². The van der Waals surface area contributed by atoms with E-state index in [0.29, 0.717) is 11.3 Å². The third-order valence-corrected chi connectivity index (χ3v) is 3.09. The Balaban J connectivity index is 2.93. The van der Waals surface area contributed by atoms with Gasteiger partial charge in [0, 0.05) is 5.56 Å². The molecule has 0 saturated heterocycles. The van der Waals surface area contributed by atoms with Crippen LogP contribution in [0.3, 0.4) is 0 Å². The lowest BCUT2D eigenvalue weighted by Gasteiger charge is -2.10. The molecule has 0 aliphatic heterocycles. The van der Waals surface area contributed by atoms with Crippen LogP contribution in [0.1, 0.15) is 32.3 Å².